The van der Waals surface area contributed by atoms with E-state index >= 15 is 0 Å². The third-order valence-corrected chi connectivity index (χ3v) is 8.19. The summed E-state index contributed by atoms with van der Waals surface area (Å²) < 4.78 is 28.9. The van der Waals surface area contributed by atoms with Crippen molar-refractivity contribution in [3.8, 4) is 0 Å². The Bertz CT molecular complexity index is 1430. The lowest BCUT2D eigenvalue weighted by Gasteiger charge is -2.33. The van der Waals surface area contributed by atoms with Gasteiger partial charge >= 0.3 is 0 Å². The van der Waals surface area contributed by atoms with E-state index in [-0.39, 0.29) is 17.3 Å². The highest BCUT2D eigenvalue weighted by atomic mass is 35.5. The van der Waals surface area contributed by atoms with E-state index < -0.39 is 34.1 Å². The van der Waals surface area contributed by atoms with Gasteiger partial charge in [0.1, 0.15) is 12.6 Å². The molecule has 0 fully saturated rings. The van der Waals surface area contributed by atoms with Crippen LogP contribution in [0.1, 0.15) is 44.4 Å². The maximum absolute atomic E-state index is 14.0. The molecule has 0 heterocycles. The van der Waals surface area contributed by atoms with Crippen molar-refractivity contribution in [2.24, 2.45) is 0 Å². The second-order valence-electron chi connectivity index (χ2n) is 10.7. The van der Waals surface area contributed by atoms with Gasteiger partial charge in [0.2, 0.25) is 11.8 Å². The van der Waals surface area contributed by atoms with Crippen LogP contribution in [-0.2, 0) is 26.2 Å². The first-order valence-corrected chi connectivity index (χ1v) is 14.5. The number of hydrogen-bond donors (Lipinski definition) is 1. The lowest BCUT2D eigenvalue weighted by molar-refractivity contribution is -0.140. The number of benzene rings is 3. The molecule has 2 amide bonds. The van der Waals surface area contributed by atoms with Gasteiger partial charge < -0.3 is 10.2 Å². The fraction of sp³-hybridized carbons (Fsp3) is 0.333. The van der Waals surface area contributed by atoms with Gasteiger partial charge in [-0.05, 0) is 83.0 Å². The maximum atomic E-state index is 14.0. The molecule has 0 radical (unpaired) electrons. The van der Waals surface area contributed by atoms with Gasteiger partial charge in [-0.1, -0.05) is 59.6 Å². The first-order chi connectivity index (χ1) is 18.2. The normalized spacial score (nSPS) is 12.5. The van der Waals surface area contributed by atoms with Crippen LogP contribution in [0.2, 0.25) is 5.02 Å². The standard InChI is InChI=1S/C30H36ClN3O4S/c1-21-14-16-26(17-15-21)39(37,38)34(27-13-8-7-10-22(27)2)20-28(35)33(19-24-11-9-12-25(31)18-24)23(3)29(36)32-30(4,5)6/h7-18,23H,19-20H2,1-6H3,(H,32,36)/t23-/m0/s1. The zero-order valence-electron chi connectivity index (χ0n) is 23.2. The monoisotopic (exact) mass is 569 g/mol. The molecule has 39 heavy (non-hydrogen) atoms. The van der Waals surface area contributed by atoms with Crippen molar-refractivity contribution in [3.05, 3.63) is 94.5 Å². The summed E-state index contributed by atoms with van der Waals surface area (Å²) in [7, 11) is -4.11. The van der Waals surface area contributed by atoms with Crippen molar-refractivity contribution in [3.63, 3.8) is 0 Å². The van der Waals surface area contributed by atoms with Gasteiger partial charge in [0, 0.05) is 17.1 Å². The second-order valence-corrected chi connectivity index (χ2v) is 13.0. The number of carbonyl (C=O) groups is 2. The summed E-state index contributed by atoms with van der Waals surface area (Å²) >= 11 is 6.19. The molecule has 0 aromatic heterocycles. The molecule has 0 aliphatic carbocycles. The van der Waals surface area contributed by atoms with E-state index in [2.05, 4.69) is 5.32 Å². The summed E-state index contributed by atoms with van der Waals surface area (Å²) in [6.45, 7) is 10.4. The first kappa shape index (κ1) is 30.2. The van der Waals surface area contributed by atoms with Gasteiger partial charge in [-0.25, -0.2) is 8.42 Å². The van der Waals surface area contributed by atoms with Gasteiger partial charge in [-0.3, -0.25) is 13.9 Å². The molecule has 1 atom stereocenters. The highest BCUT2D eigenvalue weighted by Crippen LogP contribution is 2.27. The van der Waals surface area contributed by atoms with Gasteiger partial charge in [-0.2, -0.15) is 0 Å². The van der Waals surface area contributed by atoms with Crippen molar-refractivity contribution in [1.82, 2.24) is 10.2 Å². The molecule has 3 aromatic rings. The highest BCUT2D eigenvalue weighted by molar-refractivity contribution is 7.92. The number of para-hydroxylation sites is 1. The van der Waals surface area contributed by atoms with Crippen molar-refractivity contribution >= 4 is 39.1 Å². The number of halogens is 1. The van der Waals surface area contributed by atoms with E-state index in [9.17, 15) is 18.0 Å². The lowest BCUT2D eigenvalue weighted by atomic mass is 10.1. The summed E-state index contributed by atoms with van der Waals surface area (Å²) in [5.74, 6) is -0.868. The van der Waals surface area contributed by atoms with Crippen LogP contribution >= 0.6 is 11.6 Å². The van der Waals surface area contributed by atoms with Crippen LogP contribution in [0.4, 0.5) is 5.69 Å². The largest absolute Gasteiger partial charge is 0.350 e. The smallest absolute Gasteiger partial charge is 0.264 e. The van der Waals surface area contributed by atoms with Gasteiger partial charge in [-0.15, -0.1) is 0 Å². The molecular weight excluding hydrogens is 534 g/mol. The lowest BCUT2D eigenvalue weighted by Crippen LogP contribution is -2.54. The fourth-order valence-corrected chi connectivity index (χ4v) is 5.77. The Morgan fingerprint density at radius 2 is 1.59 bits per heavy atom. The summed E-state index contributed by atoms with van der Waals surface area (Å²) in [6.07, 6.45) is 0. The van der Waals surface area contributed by atoms with Gasteiger partial charge in [0.15, 0.2) is 0 Å². The predicted octanol–water partition coefficient (Wildman–Crippen LogP) is 5.48. The number of amides is 2. The number of carbonyl (C=O) groups excluding carboxylic acids is 2. The first-order valence-electron chi connectivity index (χ1n) is 12.7. The molecule has 3 rings (SSSR count). The molecule has 0 bridgehead atoms. The number of hydrogen-bond acceptors (Lipinski definition) is 4. The van der Waals surface area contributed by atoms with Crippen LogP contribution in [0, 0.1) is 13.8 Å². The Morgan fingerprint density at radius 1 is 0.949 bits per heavy atom. The maximum Gasteiger partial charge on any atom is 0.264 e. The molecule has 0 spiro atoms. The van der Waals surface area contributed by atoms with Crippen molar-refractivity contribution in [2.75, 3.05) is 10.8 Å². The topological polar surface area (TPSA) is 86.8 Å². The van der Waals surface area contributed by atoms with E-state index in [1.165, 1.54) is 17.0 Å². The van der Waals surface area contributed by atoms with Gasteiger partial charge in [0.05, 0.1) is 10.6 Å². The minimum Gasteiger partial charge on any atom is -0.350 e. The summed E-state index contributed by atoms with van der Waals surface area (Å²) in [6, 6.07) is 19.6. The van der Waals surface area contributed by atoms with E-state index in [1.807, 2.05) is 39.8 Å². The summed E-state index contributed by atoms with van der Waals surface area (Å²) in [5.41, 5.74) is 2.20. The van der Waals surface area contributed by atoms with E-state index in [0.717, 1.165) is 15.4 Å². The van der Waals surface area contributed by atoms with Crippen LogP contribution in [0.5, 0.6) is 0 Å². The van der Waals surface area contributed by atoms with Crippen LogP contribution in [0.3, 0.4) is 0 Å². The van der Waals surface area contributed by atoms with Gasteiger partial charge in [0.25, 0.3) is 10.0 Å². The number of nitrogens with one attached hydrogen (secondary N) is 1. The molecule has 7 nitrogen and oxygen atoms in total. The third kappa shape index (κ3) is 7.83. The highest BCUT2D eigenvalue weighted by Gasteiger charge is 2.33. The summed E-state index contributed by atoms with van der Waals surface area (Å²) in [4.78, 5) is 28.6. The molecular formula is C30H36ClN3O4S. The van der Waals surface area contributed by atoms with Crippen LogP contribution < -0.4 is 9.62 Å². The SMILES string of the molecule is Cc1ccc(S(=O)(=O)N(CC(=O)N(Cc2cccc(Cl)c2)[C@@H](C)C(=O)NC(C)(C)C)c2ccccc2C)cc1. The number of aryl methyl sites for hydroxylation is 2. The van der Waals surface area contributed by atoms with E-state index in [1.54, 1.807) is 62.4 Å². The van der Waals surface area contributed by atoms with E-state index in [0.29, 0.717) is 16.3 Å². The molecule has 1 N–H and O–H groups in total. The molecule has 0 saturated carbocycles. The average Bonchev–Trinajstić information content (AvgIpc) is 2.85. The molecule has 0 saturated heterocycles. The minimum absolute atomic E-state index is 0.0732. The number of sulfonamides is 1. The Hall–Kier alpha value is -3.36. The second kappa shape index (κ2) is 12.2. The van der Waals surface area contributed by atoms with E-state index in [4.69, 9.17) is 11.6 Å². The molecule has 0 aliphatic heterocycles. The number of anilines is 1. The van der Waals surface area contributed by atoms with Crippen molar-refractivity contribution in [1.29, 1.82) is 0 Å². The number of nitrogens with zero attached hydrogens (tertiary/aromatic N) is 2. The predicted molar refractivity (Wildman–Crippen MR) is 156 cm³/mol. The Labute approximate surface area is 236 Å². The Kier molecular flexibility index (Phi) is 9.46. The molecule has 0 aliphatic rings. The molecule has 208 valence electrons. The Balaban J connectivity index is 2.05. The van der Waals surface area contributed by atoms with Crippen molar-refractivity contribution in [2.45, 2.75) is 64.6 Å². The summed E-state index contributed by atoms with van der Waals surface area (Å²) in [5, 5.41) is 3.41. The quantitative estimate of drug-likeness (QED) is 0.369. The van der Waals surface area contributed by atoms with Crippen LogP contribution in [0.25, 0.3) is 0 Å². The number of rotatable bonds is 9. The fourth-order valence-electron chi connectivity index (χ4n) is 4.08. The minimum atomic E-state index is -4.11. The molecule has 9 heteroatoms. The zero-order valence-corrected chi connectivity index (χ0v) is 24.8. The average molecular weight is 570 g/mol. The van der Waals surface area contributed by atoms with Crippen LogP contribution in [0.15, 0.2) is 77.7 Å². The Morgan fingerprint density at radius 3 is 2.18 bits per heavy atom. The molecule has 3 aromatic carbocycles. The molecule has 0 unspecified atom stereocenters. The van der Waals surface area contributed by atoms with Crippen molar-refractivity contribution < 1.29 is 18.0 Å². The zero-order chi connectivity index (χ0) is 29.0. The van der Waals surface area contributed by atoms with Crippen LogP contribution in [-0.4, -0.2) is 43.3 Å². The third-order valence-electron chi connectivity index (χ3n) is 6.18.